The van der Waals surface area contributed by atoms with Crippen LogP contribution in [-0.2, 0) is 0 Å². The molecule has 0 spiro atoms. The van der Waals surface area contributed by atoms with Gasteiger partial charge in [0, 0.05) is 5.02 Å². The minimum absolute atomic E-state index is 0.0528. The second-order valence-corrected chi connectivity index (χ2v) is 4.72. The van der Waals surface area contributed by atoms with Gasteiger partial charge in [-0.15, -0.1) is 0 Å². The maximum atomic E-state index is 13.6. The third-order valence-corrected chi connectivity index (χ3v) is 3.03. The van der Waals surface area contributed by atoms with E-state index < -0.39 is 5.82 Å². The van der Waals surface area contributed by atoms with Crippen molar-refractivity contribution in [3.63, 3.8) is 0 Å². The van der Waals surface area contributed by atoms with E-state index in [0.29, 0.717) is 15.2 Å². The molecule has 0 radical (unpaired) electrons. The Labute approximate surface area is 117 Å². The Hall–Kier alpha value is -1.57. The van der Waals surface area contributed by atoms with Gasteiger partial charge >= 0.3 is 0 Å². The van der Waals surface area contributed by atoms with Crippen molar-refractivity contribution >= 4 is 27.5 Å². The van der Waals surface area contributed by atoms with Crippen LogP contribution in [0.15, 0.2) is 40.9 Å². The SMILES string of the molecule is N#Cc1ccc(Oc2ccc(Cl)cc2Br)c(F)c1. The average Bonchev–Trinajstić information content (AvgIpc) is 2.34. The normalized spacial score (nSPS) is 9.89. The van der Waals surface area contributed by atoms with Gasteiger partial charge in [0.2, 0.25) is 0 Å². The molecule has 2 nitrogen and oxygen atoms in total. The van der Waals surface area contributed by atoms with Gasteiger partial charge in [-0.25, -0.2) is 4.39 Å². The maximum absolute atomic E-state index is 13.6. The second kappa shape index (κ2) is 5.38. The lowest BCUT2D eigenvalue weighted by molar-refractivity contribution is 0.440. The molecule has 0 atom stereocenters. The highest BCUT2D eigenvalue weighted by Gasteiger charge is 2.08. The Kier molecular flexibility index (Phi) is 3.85. The van der Waals surface area contributed by atoms with Crippen molar-refractivity contribution in [1.29, 1.82) is 5.26 Å². The summed E-state index contributed by atoms with van der Waals surface area (Å²) in [5.41, 5.74) is 0.245. The molecule has 18 heavy (non-hydrogen) atoms. The number of rotatable bonds is 2. The molecule has 0 N–H and O–H groups in total. The monoisotopic (exact) mass is 325 g/mol. The van der Waals surface area contributed by atoms with E-state index in [0.717, 1.165) is 6.07 Å². The van der Waals surface area contributed by atoms with Gasteiger partial charge in [-0.2, -0.15) is 5.26 Å². The van der Waals surface area contributed by atoms with Crippen molar-refractivity contribution in [2.75, 3.05) is 0 Å². The first kappa shape index (κ1) is 12.9. The minimum atomic E-state index is -0.587. The summed E-state index contributed by atoms with van der Waals surface area (Å²) in [6.07, 6.45) is 0. The van der Waals surface area contributed by atoms with Gasteiger partial charge in [0.05, 0.1) is 16.1 Å². The fourth-order valence-corrected chi connectivity index (χ4v) is 2.09. The number of halogens is 3. The van der Waals surface area contributed by atoms with E-state index in [1.807, 2.05) is 6.07 Å². The standard InChI is InChI=1S/C13H6BrClFNO/c14-10-6-9(15)2-4-12(10)18-13-3-1-8(7-17)5-11(13)16/h1-6H. The van der Waals surface area contributed by atoms with Crippen LogP contribution < -0.4 is 4.74 Å². The highest BCUT2D eigenvalue weighted by Crippen LogP contribution is 2.33. The highest BCUT2D eigenvalue weighted by molar-refractivity contribution is 9.10. The topological polar surface area (TPSA) is 33.0 Å². The van der Waals surface area contributed by atoms with E-state index in [2.05, 4.69) is 15.9 Å². The minimum Gasteiger partial charge on any atom is -0.453 e. The molecule has 0 fully saturated rings. The number of nitriles is 1. The molecule has 0 bridgehead atoms. The number of nitrogens with zero attached hydrogens (tertiary/aromatic N) is 1. The van der Waals surface area contributed by atoms with Crippen molar-refractivity contribution < 1.29 is 9.13 Å². The van der Waals surface area contributed by atoms with Crippen LogP contribution in [0.2, 0.25) is 5.02 Å². The number of ether oxygens (including phenoxy) is 1. The molecule has 0 aliphatic heterocycles. The summed E-state index contributed by atoms with van der Waals surface area (Å²) in [4.78, 5) is 0. The van der Waals surface area contributed by atoms with E-state index in [9.17, 15) is 4.39 Å². The summed E-state index contributed by atoms with van der Waals surface area (Å²) in [5, 5.41) is 9.19. The third-order valence-electron chi connectivity index (χ3n) is 2.17. The molecule has 0 unspecified atom stereocenters. The zero-order valence-electron chi connectivity index (χ0n) is 8.95. The van der Waals surface area contributed by atoms with Gasteiger partial charge in [0.1, 0.15) is 5.75 Å². The second-order valence-electron chi connectivity index (χ2n) is 3.43. The summed E-state index contributed by atoms with van der Waals surface area (Å²) in [6.45, 7) is 0. The molecular weight excluding hydrogens is 321 g/mol. The first-order valence-electron chi connectivity index (χ1n) is 4.92. The quantitative estimate of drug-likeness (QED) is 0.786. The first-order chi connectivity index (χ1) is 8.60. The highest BCUT2D eigenvalue weighted by atomic mass is 79.9. The molecule has 0 amide bonds. The predicted octanol–water partition coefficient (Wildman–Crippen LogP) is 4.91. The summed E-state index contributed by atoms with van der Waals surface area (Å²) >= 11 is 9.07. The van der Waals surface area contributed by atoms with E-state index in [-0.39, 0.29) is 11.3 Å². The van der Waals surface area contributed by atoms with E-state index in [4.69, 9.17) is 21.6 Å². The van der Waals surface area contributed by atoms with Crippen LogP contribution >= 0.6 is 27.5 Å². The molecular formula is C13H6BrClFNO. The predicted molar refractivity (Wildman–Crippen MR) is 70.3 cm³/mol. The molecule has 0 aromatic heterocycles. The van der Waals surface area contributed by atoms with Crippen molar-refractivity contribution in [2.24, 2.45) is 0 Å². The summed E-state index contributed by atoms with van der Waals surface area (Å²) in [7, 11) is 0. The Balaban J connectivity index is 2.32. The molecule has 0 aliphatic carbocycles. The summed E-state index contributed by atoms with van der Waals surface area (Å²) in [6, 6.07) is 10.8. The van der Waals surface area contributed by atoms with Crippen molar-refractivity contribution in [3.05, 3.63) is 57.3 Å². The smallest absolute Gasteiger partial charge is 0.167 e. The van der Waals surface area contributed by atoms with Crippen molar-refractivity contribution in [2.45, 2.75) is 0 Å². The fraction of sp³-hybridized carbons (Fsp3) is 0. The van der Waals surface area contributed by atoms with Crippen LogP contribution in [0.3, 0.4) is 0 Å². The van der Waals surface area contributed by atoms with Gasteiger partial charge in [0.25, 0.3) is 0 Å². The van der Waals surface area contributed by atoms with Gasteiger partial charge in [0.15, 0.2) is 11.6 Å². The lowest BCUT2D eigenvalue weighted by Gasteiger charge is -2.08. The molecule has 90 valence electrons. The fourth-order valence-electron chi connectivity index (χ4n) is 1.33. The largest absolute Gasteiger partial charge is 0.453 e. The van der Waals surface area contributed by atoms with Crippen molar-refractivity contribution in [3.8, 4) is 17.6 Å². The van der Waals surface area contributed by atoms with Gasteiger partial charge < -0.3 is 4.74 Å². The Morgan fingerprint density at radius 1 is 1.17 bits per heavy atom. The molecule has 0 saturated carbocycles. The average molecular weight is 327 g/mol. The molecule has 2 aromatic rings. The first-order valence-corrected chi connectivity index (χ1v) is 6.10. The van der Waals surface area contributed by atoms with E-state index in [1.165, 1.54) is 12.1 Å². The zero-order valence-corrected chi connectivity index (χ0v) is 11.3. The van der Waals surface area contributed by atoms with E-state index in [1.54, 1.807) is 18.2 Å². The lowest BCUT2D eigenvalue weighted by atomic mass is 10.2. The number of hydrogen-bond donors (Lipinski definition) is 0. The summed E-state index contributed by atoms with van der Waals surface area (Å²) in [5.74, 6) is -0.0871. The molecule has 5 heteroatoms. The summed E-state index contributed by atoms with van der Waals surface area (Å²) < 4.78 is 19.6. The van der Waals surface area contributed by atoms with Gasteiger partial charge in [-0.1, -0.05) is 11.6 Å². The zero-order chi connectivity index (χ0) is 13.1. The Morgan fingerprint density at radius 3 is 2.50 bits per heavy atom. The Morgan fingerprint density at radius 2 is 1.89 bits per heavy atom. The van der Waals surface area contributed by atoms with Crippen LogP contribution in [0.1, 0.15) is 5.56 Å². The number of benzene rings is 2. The van der Waals surface area contributed by atoms with Crippen LogP contribution in [0.4, 0.5) is 4.39 Å². The van der Waals surface area contributed by atoms with Crippen LogP contribution in [0.5, 0.6) is 11.5 Å². The van der Waals surface area contributed by atoms with Crippen LogP contribution in [0, 0.1) is 17.1 Å². The van der Waals surface area contributed by atoms with E-state index >= 15 is 0 Å². The third kappa shape index (κ3) is 2.81. The number of hydrogen-bond acceptors (Lipinski definition) is 2. The molecule has 0 aliphatic rings. The maximum Gasteiger partial charge on any atom is 0.167 e. The van der Waals surface area contributed by atoms with Gasteiger partial charge in [-0.05, 0) is 52.3 Å². The van der Waals surface area contributed by atoms with Crippen molar-refractivity contribution in [1.82, 2.24) is 0 Å². The van der Waals surface area contributed by atoms with Crippen LogP contribution in [0.25, 0.3) is 0 Å². The molecule has 0 heterocycles. The Bertz CT molecular complexity index is 639. The molecule has 2 aromatic carbocycles. The lowest BCUT2D eigenvalue weighted by Crippen LogP contribution is -1.90. The van der Waals surface area contributed by atoms with Gasteiger partial charge in [-0.3, -0.25) is 0 Å². The molecule has 2 rings (SSSR count). The molecule has 0 saturated heterocycles. The van der Waals surface area contributed by atoms with Crippen LogP contribution in [-0.4, -0.2) is 0 Å².